The van der Waals surface area contributed by atoms with Gasteiger partial charge in [0.2, 0.25) is 0 Å². The van der Waals surface area contributed by atoms with Gasteiger partial charge in [0.1, 0.15) is 18.5 Å². The number of para-hydroxylation sites is 3. The van der Waals surface area contributed by atoms with Crippen LogP contribution < -0.4 is 9.47 Å². The number of hydrogen-bond acceptors (Lipinski definition) is 4. The Balaban J connectivity index is 1.54. The smallest absolute Gasteiger partial charge is 0.169 e. The van der Waals surface area contributed by atoms with Crippen molar-refractivity contribution in [3.8, 4) is 17.2 Å². The van der Waals surface area contributed by atoms with Gasteiger partial charge in [-0.25, -0.2) is 0 Å². The normalized spacial score (nSPS) is 16.5. The molecular weight excluding hydrogens is 302 g/mol. The molecule has 1 heterocycles. The summed E-state index contributed by atoms with van der Waals surface area (Å²) in [5, 5.41) is 10.2. The van der Waals surface area contributed by atoms with Gasteiger partial charge in [-0.2, -0.15) is 0 Å². The zero-order valence-corrected chi connectivity index (χ0v) is 13.9. The Morgan fingerprint density at radius 2 is 1.54 bits per heavy atom. The minimum absolute atomic E-state index is 0.270. The van der Waals surface area contributed by atoms with E-state index < -0.39 is 6.10 Å². The standard InChI is InChI=1S/C20H25NO3/c22-17(15-21-13-7-2-8-14-21)16-23-19-11-5-6-12-20(19)24-18-9-3-1-4-10-18/h1,3-6,9-12,17,22H,2,7-8,13-16H2. The van der Waals surface area contributed by atoms with Gasteiger partial charge in [-0.1, -0.05) is 36.8 Å². The summed E-state index contributed by atoms with van der Waals surface area (Å²) in [6.07, 6.45) is 3.25. The van der Waals surface area contributed by atoms with Crippen LogP contribution in [0.2, 0.25) is 0 Å². The Morgan fingerprint density at radius 1 is 0.875 bits per heavy atom. The fraction of sp³-hybridized carbons (Fsp3) is 0.400. The van der Waals surface area contributed by atoms with Crippen molar-refractivity contribution >= 4 is 0 Å². The highest BCUT2D eigenvalue weighted by Crippen LogP contribution is 2.31. The summed E-state index contributed by atoms with van der Waals surface area (Å²) in [6.45, 7) is 3.09. The largest absolute Gasteiger partial charge is 0.487 e. The van der Waals surface area contributed by atoms with Gasteiger partial charge in [-0.3, -0.25) is 0 Å². The molecule has 4 heteroatoms. The quantitative estimate of drug-likeness (QED) is 0.842. The number of hydrogen-bond donors (Lipinski definition) is 1. The number of benzene rings is 2. The molecule has 1 saturated heterocycles. The Labute approximate surface area is 143 Å². The number of nitrogens with zero attached hydrogens (tertiary/aromatic N) is 1. The molecule has 0 aromatic heterocycles. The van der Waals surface area contributed by atoms with Gasteiger partial charge in [-0.15, -0.1) is 0 Å². The van der Waals surface area contributed by atoms with Crippen LogP contribution in [0.3, 0.4) is 0 Å². The lowest BCUT2D eigenvalue weighted by Gasteiger charge is -2.28. The molecular formula is C20H25NO3. The van der Waals surface area contributed by atoms with Gasteiger partial charge in [-0.05, 0) is 50.2 Å². The Kier molecular flexibility index (Phi) is 6.10. The van der Waals surface area contributed by atoms with Crippen molar-refractivity contribution in [3.05, 3.63) is 54.6 Å². The molecule has 1 aliphatic heterocycles. The maximum Gasteiger partial charge on any atom is 0.169 e. The second-order valence-electron chi connectivity index (χ2n) is 6.19. The van der Waals surface area contributed by atoms with Gasteiger partial charge >= 0.3 is 0 Å². The summed E-state index contributed by atoms with van der Waals surface area (Å²) in [4.78, 5) is 2.31. The number of ether oxygens (including phenoxy) is 2. The fourth-order valence-corrected chi connectivity index (χ4v) is 2.95. The molecule has 0 amide bonds. The summed E-state index contributed by atoms with van der Waals surface area (Å²) in [5.74, 6) is 2.08. The van der Waals surface area contributed by atoms with Crippen molar-refractivity contribution in [2.75, 3.05) is 26.2 Å². The van der Waals surface area contributed by atoms with Gasteiger partial charge in [0.25, 0.3) is 0 Å². The minimum atomic E-state index is -0.493. The zero-order valence-electron chi connectivity index (χ0n) is 13.9. The first kappa shape index (κ1) is 16.8. The SMILES string of the molecule is OC(COc1ccccc1Oc1ccccc1)CN1CCCCC1. The van der Waals surface area contributed by atoms with Crippen molar-refractivity contribution in [2.45, 2.75) is 25.4 Å². The average Bonchev–Trinajstić information content (AvgIpc) is 2.63. The highest BCUT2D eigenvalue weighted by atomic mass is 16.5. The number of aliphatic hydroxyl groups is 1. The summed E-state index contributed by atoms with van der Waals surface area (Å²) >= 11 is 0. The maximum atomic E-state index is 10.2. The van der Waals surface area contributed by atoms with Crippen LogP contribution in [-0.2, 0) is 0 Å². The zero-order chi connectivity index (χ0) is 16.6. The van der Waals surface area contributed by atoms with E-state index in [9.17, 15) is 5.11 Å². The van der Waals surface area contributed by atoms with Crippen LogP contribution in [0.25, 0.3) is 0 Å². The molecule has 0 spiro atoms. The molecule has 128 valence electrons. The molecule has 24 heavy (non-hydrogen) atoms. The van der Waals surface area contributed by atoms with Crippen LogP contribution in [0, 0.1) is 0 Å². The second-order valence-corrected chi connectivity index (χ2v) is 6.19. The molecule has 0 bridgehead atoms. The van der Waals surface area contributed by atoms with Gasteiger partial charge in [0, 0.05) is 6.54 Å². The molecule has 1 aliphatic rings. The van der Waals surface area contributed by atoms with Crippen molar-refractivity contribution in [2.24, 2.45) is 0 Å². The molecule has 2 aromatic carbocycles. The topological polar surface area (TPSA) is 41.9 Å². The van der Waals surface area contributed by atoms with E-state index in [1.807, 2.05) is 54.6 Å². The van der Waals surface area contributed by atoms with Gasteiger partial charge < -0.3 is 19.5 Å². The lowest BCUT2D eigenvalue weighted by atomic mass is 10.1. The number of rotatable bonds is 7. The van der Waals surface area contributed by atoms with Crippen LogP contribution in [0.4, 0.5) is 0 Å². The van der Waals surface area contributed by atoms with Crippen LogP contribution in [0.15, 0.2) is 54.6 Å². The van der Waals surface area contributed by atoms with Crippen LogP contribution in [0.1, 0.15) is 19.3 Å². The fourth-order valence-electron chi connectivity index (χ4n) is 2.95. The molecule has 1 fully saturated rings. The van der Waals surface area contributed by atoms with E-state index in [0.717, 1.165) is 18.8 Å². The summed E-state index contributed by atoms with van der Waals surface area (Å²) in [5.41, 5.74) is 0. The first-order valence-corrected chi connectivity index (χ1v) is 8.66. The lowest BCUT2D eigenvalue weighted by molar-refractivity contribution is 0.0610. The third-order valence-electron chi connectivity index (χ3n) is 4.17. The number of aliphatic hydroxyl groups excluding tert-OH is 1. The first-order chi connectivity index (χ1) is 11.8. The molecule has 0 radical (unpaired) electrons. The first-order valence-electron chi connectivity index (χ1n) is 8.66. The van der Waals surface area contributed by atoms with Crippen LogP contribution >= 0.6 is 0 Å². The molecule has 1 atom stereocenters. The van der Waals surface area contributed by atoms with E-state index in [2.05, 4.69) is 4.90 Å². The predicted octanol–water partition coefficient (Wildman–Crippen LogP) is 3.70. The molecule has 0 saturated carbocycles. The Morgan fingerprint density at radius 3 is 2.29 bits per heavy atom. The van der Waals surface area contributed by atoms with Gasteiger partial charge in [0.05, 0.1) is 0 Å². The van der Waals surface area contributed by atoms with E-state index >= 15 is 0 Å². The van der Waals surface area contributed by atoms with Crippen molar-refractivity contribution in [1.29, 1.82) is 0 Å². The second kappa shape index (κ2) is 8.71. The number of β-amino-alcohol motifs (C(OH)–C–C–N with tert-alkyl or cyclic N) is 1. The third-order valence-corrected chi connectivity index (χ3v) is 4.17. The predicted molar refractivity (Wildman–Crippen MR) is 94.8 cm³/mol. The monoisotopic (exact) mass is 327 g/mol. The van der Waals surface area contributed by atoms with Crippen molar-refractivity contribution in [3.63, 3.8) is 0 Å². The molecule has 2 aromatic rings. The minimum Gasteiger partial charge on any atom is -0.487 e. The van der Waals surface area contributed by atoms with Crippen LogP contribution in [-0.4, -0.2) is 42.4 Å². The third kappa shape index (κ3) is 4.98. The molecule has 1 N–H and O–H groups in total. The Bertz CT molecular complexity index is 611. The number of piperidine rings is 1. The van der Waals surface area contributed by atoms with E-state index in [1.165, 1.54) is 19.3 Å². The van der Waals surface area contributed by atoms with Crippen LogP contribution in [0.5, 0.6) is 17.2 Å². The Hall–Kier alpha value is -2.04. The maximum absolute atomic E-state index is 10.2. The van der Waals surface area contributed by atoms with Crippen molar-refractivity contribution < 1.29 is 14.6 Å². The number of likely N-dealkylation sites (tertiary alicyclic amines) is 1. The molecule has 1 unspecified atom stereocenters. The summed E-state index contributed by atoms with van der Waals surface area (Å²) < 4.78 is 11.7. The van der Waals surface area contributed by atoms with E-state index in [-0.39, 0.29) is 6.61 Å². The van der Waals surface area contributed by atoms with Crippen molar-refractivity contribution in [1.82, 2.24) is 4.90 Å². The summed E-state index contributed by atoms with van der Waals surface area (Å²) in [6, 6.07) is 17.2. The highest BCUT2D eigenvalue weighted by Gasteiger charge is 2.16. The molecule has 0 aliphatic carbocycles. The molecule has 3 rings (SSSR count). The summed E-state index contributed by atoms with van der Waals surface area (Å²) in [7, 11) is 0. The van der Waals surface area contributed by atoms with E-state index in [0.29, 0.717) is 18.0 Å². The van der Waals surface area contributed by atoms with E-state index in [4.69, 9.17) is 9.47 Å². The molecule has 4 nitrogen and oxygen atoms in total. The van der Waals surface area contributed by atoms with Gasteiger partial charge in [0.15, 0.2) is 11.5 Å². The highest BCUT2D eigenvalue weighted by molar-refractivity contribution is 5.42. The average molecular weight is 327 g/mol. The lowest BCUT2D eigenvalue weighted by Crippen LogP contribution is -2.38. The van der Waals surface area contributed by atoms with E-state index in [1.54, 1.807) is 0 Å².